The van der Waals surface area contributed by atoms with E-state index in [1.165, 1.54) is 5.57 Å². The van der Waals surface area contributed by atoms with Gasteiger partial charge in [0, 0.05) is 5.56 Å². The molecule has 1 aliphatic carbocycles. The molecule has 0 amide bonds. The van der Waals surface area contributed by atoms with Gasteiger partial charge in [0.15, 0.2) is 0 Å². The Hall–Kier alpha value is -2.68. The smallest absolute Gasteiger partial charge is 0.123 e. The van der Waals surface area contributed by atoms with E-state index < -0.39 is 0 Å². The van der Waals surface area contributed by atoms with Crippen LogP contribution in [-0.2, 0) is 6.42 Å². The summed E-state index contributed by atoms with van der Waals surface area (Å²) < 4.78 is 0. The summed E-state index contributed by atoms with van der Waals surface area (Å²) in [7, 11) is 0. The van der Waals surface area contributed by atoms with Gasteiger partial charge in [0.05, 0.1) is 0 Å². The monoisotopic (exact) mass is 364 g/mol. The van der Waals surface area contributed by atoms with Gasteiger partial charge in [0.1, 0.15) is 17.2 Å². The van der Waals surface area contributed by atoms with Crippen molar-refractivity contribution < 1.29 is 15.3 Å². The lowest BCUT2D eigenvalue weighted by molar-refractivity contribution is 0.211. The van der Waals surface area contributed by atoms with Gasteiger partial charge < -0.3 is 15.3 Å². The fraction of sp³-hybridized carbons (Fsp3) is 0.333. The zero-order valence-corrected chi connectivity index (χ0v) is 16.2. The Morgan fingerprint density at radius 1 is 0.963 bits per heavy atom. The van der Waals surface area contributed by atoms with Crippen LogP contribution in [0.4, 0.5) is 0 Å². The number of benzene rings is 2. The SMILES string of the molecule is CC1=CCCC(C)(C)[C@@H]1Cc1c(O)cc(/C=C\c2ccc(O)cc2)cc1O. The maximum Gasteiger partial charge on any atom is 0.123 e. The van der Waals surface area contributed by atoms with Crippen LogP contribution in [0.3, 0.4) is 0 Å². The molecule has 0 unspecified atom stereocenters. The van der Waals surface area contributed by atoms with Crippen LogP contribution in [0.2, 0.25) is 0 Å². The lowest BCUT2D eigenvalue weighted by Gasteiger charge is -2.38. The summed E-state index contributed by atoms with van der Waals surface area (Å²) in [5.74, 6) is 0.798. The molecule has 0 radical (unpaired) electrons. The molecule has 0 saturated carbocycles. The molecule has 0 aliphatic heterocycles. The van der Waals surface area contributed by atoms with Crippen molar-refractivity contribution in [2.45, 2.75) is 40.0 Å². The van der Waals surface area contributed by atoms with Gasteiger partial charge in [-0.05, 0) is 72.9 Å². The number of rotatable bonds is 4. The maximum atomic E-state index is 10.5. The van der Waals surface area contributed by atoms with Gasteiger partial charge >= 0.3 is 0 Å². The summed E-state index contributed by atoms with van der Waals surface area (Å²) in [6, 6.07) is 10.3. The van der Waals surface area contributed by atoms with Gasteiger partial charge in [-0.25, -0.2) is 0 Å². The summed E-state index contributed by atoms with van der Waals surface area (Å²) >= 11 is 0. The van der Waals surface area contributed by atoms with E-state index in [4.69, 9.17) is 0 Å². The molecule has 1 aliphatic rings. The molecular formula is C24H28O3. The van der Waals surface area contributed by atoms with E-state index in [0.717, 1.165) is 24.0 Å². The standard InChI is InChI=1S/C24H28O3/c1-16-5-4-12-24(2,3)21(16)15-20-22(26)13-18(14-23(20)27)7-6-17-8-10-19(25)11-9-17/h5-11,13-14,21,25-27H,4,12,15H2,1-3H3/b7-6-/t21-/m1/s1. The first-order valence-corrected chi connectivity index (χ1v) is 9.45. The van der Waals surface area contributed by atoms with Crippen molar-refractivity contribution >= 4 is 12.2 Å². The number of hydrogen-bond acceptors (Lipinski definition) is 3. The van der Waals surface area contributed by atoms with Crippen molar-refractivity contribution in [3.8, 4) is 17.2 Å². The average Bonchev–Trinajstić information content (AvgIpc) is 2.59. The first-order chi connectivity index (χ1) is 12.8. The molecule has 3 N–H and O–H groups in total. The highest BCUT2D eigenvalue weighted by Crippen LogP contribution is 2.45. The third-order valence-electron chi connectivity index (χ3n) is 5.74. The second-order valence-electron chi connectivity index (χ2n) is 8.19. The molecule has 142 valence electrons. The van der Waals surface area contributed by atoms with Gasteiger partial charge in [-0.15, -0.1) is 0 Å². The Labute approximate surface area is 161 Å². The van der Waals surface area contributed by atoms with E-state index in [9.17, 15) is 15.3 Å². The minimum Gasteiger partial charge on any atom is -0.508 e. The lowest BCUT2D eigenvalue weighted by Crippen LogP contribution is -2.29. The van der Waals surface area contributed by atoms with Crippen LogP contribution in [0, 0.1) is 11.3 Å². The topological polar surface area (TPSA) is 60.7 Å². The normalized spacial score (nSPS) is 19.2. The van der Waals surface area contributed by atoms with Crippen LogP contribution in [0.5, 0.6) is 17.2 Å². The van der Waals surface area contributed by atoms with Crippen molar-refractivity contribution in [1.29, 1.82) is 0 Å². The molecule has 0 fully saturated rings. The van der Waals surface area contributed by atoms with Crippen molar-refractivity contribution in [1.82, 2.24) is 0 Å². The number of phenolic OH excluding ortho intramolecular Hbond substituents is 3. The lowest BCUT2D eigenvalue weighted by atomic mass is 9.66. The maximum absolute atomic E-state index is 10.5. The Balaban J connectivity index is 1.83. The van der Waals surface area contributed by atoms with Crippen LogP contribution in [0.25, 0.3) is 12.2 Å². The van der Waals surface area contributed by atoms with E-state index >= 15 is 0 Å². The van der Waals surface area contributed by atoms with Crippen molar-refractivity contribution in [2.75, 3.05) is 0 Å². The van der Waals surface area contributed by atoms with Gasteiger partial charge in [-0.1, -0.05) is 49.8 Å². The van der Waals surface area contributed by atoms with Gasteiger partial charge in [0.2, 0.25) is 0 Å². The van der Waals surface area contributed by atoms with Crippen LogP contribution in [0.15, 0.2) is 48.0 Å². The van der Waals surface area contributed by atoms with Crippen molar-refractivity contribution in [3.05, 3.63) is 64.7 Å². The fourth-order valence-electron chi connectivity index (χ4n) is 3.99. The molecule has 3 nitrogen and oxygen atoms in total. The summed E-state index contributed by atoms with van der Waals surface area (Å²) in [6.07, 6.45) is 8.84. The third-order valence-corrected chi connectivity index (χ3v) is 5.74. The van der Waals surface area contributed by atoms with Crippen molar-refractivity contribution in [2.24, 2.45) is 11.3 Å². The third kappa shape index (κ3) is 4.36. The Kier molecular flexibility index (Phi) is 5.31. The molecule has 27 heavy (non-hydrogen) atoms. The van der Waals surface area contributed by atoms with Gasteiger partial charge in [-0.3, -0.25) is 0 Å². The molecule has 0 heterocycles. The fourth-order valence-corrected chi connectivity index (χ4v) is 3.99. The van der Waals surface area contributed by atoms with E-state index in [-0.39, 0.29) is 22.7 Å². The van der Waals surface area contributed by atoms with E-state index in [1.54, 1.807) is 36.4 Å². The molecule has 3 heteroatoms. The molecule has 0 spiro atoms. The number of phenols is 3. The van der Waals surface area contributed by atoms with Crippen LogP contribution >= 0.6 is 0 Å². The van der Waals surface area contributed by atoms with E-state index in [0.29, 0.717) is 17.9 Å². The predicted octanol–water partition coefficient (Wildman–Crippen LogP) is 5.90. The molecule has 0 bridgehead atoms. The highest BCUT2D eigenvalue weighted by atomic mass is 16.3. The summed E-state index contributed by atoms with van der Waals surface area (Å²) in [5.41, 5.74) is 3.76. The largest absolute Gasteiger partial charge is 0.508 e. The zero-order chi connectivity index (χ0) is 19.6. The number of aromatic hydroxyl groups is 3. The molecule has 2 aromatic carbocycles. The van der Waals surface area contributed by atoms with E-state index in [1.807, 2.05) is 12.2 Å². The number of hydrogen-bond donors (Lipinski definition) is 3. The summed E-state index contributed by atoms with van der Waals surface area (Å²) in [5, 5.41) is 30.4. The second kappa shape index (κ2) is 7.51. The molecule has 1 atom stereocenters. The Morgan fingerprint density at radius 3 is 2.15 bits per heavy atom. The molecule has 2 aromatic rings. The molecule has 0 saturated heterocycles. The van der Waals surface area contributed by atoms with Gasteiger partial charge in [-0.2, -0.15) is 0 Å². The zero-order valence-electron chi connectivity index (χ0n) is 16.2. The first kappa shape index (κ1) is 19.1. The Bertz CT molecular complexity index is 850. The predicted molar refractivity (Wildman–Crippen MR) is 111 cm³/mol. The molecule has 3 rings (SSSR count). The number of allylic oxidation sites excluding steroid dienone is 2. The highest BCUT2D eigenvalue weighted by molar-refractivity contribution is 5.71. The van der Waals surface area contributed by atoms with Crippen LogP contribution < -0.4 is 0 Å². The molecular weight excluding hydrogens is 336 g/mol. The summed E-state index contributed by atoms with van der Waals surface area (Å²) in [6.45, 7) is 6.67. The average molecular weight is 364 g/mol. The highest BCUT2D eigenvalue weighted by Gasteiger charge is 2.33. The minimum absolute atomic E-state index is 0.134. The minimum atomic E-state index is 0.134. The van der Waals surface area contributed by atoms with Crippen molar-refractivity contribution in [3.63, 3.8) is 0 Å². The summed E-state index contributed by atoms with van der Waals surface area (Å²) in [4.78, 5) is 0. The Morgan fingerprint density at radius 2 is 1.56 bits per heavy atom. The quantitative estimate of drug-likeness (QED) is 0.468. The second-order valence-corrected chi connectivity index (χ2v) is 8.19. The van der Waals surface area contributed by atoms with E-state index in [2.05, 4.69) is 26.8 Å². The molecule has 0 aromatic heterocycles. The first-order valence-electron chi connectivity index (χ1n) is 9.45. The van der Waals surface area contributed by atoms with Crippen LogP contribution in [0.1, 0.15) is 50.3 Å². The van der Waals surface area contributed by atoms with Gasteiger partial charge in [0.25, 0.3) is 0 Å². The van der Waals surface area contributed by atoms with Crippen LogP contribution in [-0.4, -0.2) is 15.3 Å².